The van der Waals surface area contributed by atoms with Gasteiger partial charge in [0, 0.05) is 18.2 Å². The molecule has 1 fully saturated rings. The Morgan fingerprint density at radius 2 is 2.17 bits per heavy atom. The van der Waals surface area contributed by atoms with E-state index in [0.29, 0.717) is 28.5 Å². The second kappa shape index (κ2) is 8.47. The van der Waals surface area contributed by atoms with Gasteiger partial charge in [-0.15, -0.1) is 0 Å². The summed E-state index contributed by atoms with van der Waals surface area (Å²) in [7, 11) is 0. The summed E-state index contributed by atoms with van der Waals surface area (Å²) < 4.78 is 20.1. The third-order valence-corrected chi connectivity index (χ3v) is 5.41. The number of nitrogens with two attached hydrogens (primary N) is 1. The SMILES string of the molecule is C[C@@H](N)CCOc1ccc(F)cc1[C@H]1CCCN1c1ccc2ncnc(Cl)c2n1. The molecule has 0 saturated carbocycles. The van der Waals surface area contributed by atoms with E-state index in [2.05, 4.69) is 19.9 Å². The molecule has 2 atom stereocenters. The van der Waals surface area contributed by atoms with Crippen molar-refractivity contribution in [3.63, 3.8) is 0 Å². The van der Waals surface area contributed by atoms with Gasteiger partial charge in [-0.05, 0) is 56.5 Å². The minimum atomic E-state index is -0.283. The smallest absolute Gasteiger partial charge is 0.158 e. The van der Waals surface area contributed by atoms with Crippen LogP contribution in [0.25, 0.3) is 11.0 Å². The molecule has 152 valence electrons. The molecule has 4 rings (SSSR count). The Balaban J connectivity index is 1.66. The zero-order chi connectivity index (χ0) is 20.4. The molecule has 0 aliphatic carbocycles. The fraction of sp³-hybridized carbons (Fsp3) is 0.381. The summed E-state index contributed by atoms with van der Waals surface area (Å²) in [6, 6.07) is 8.49. The quantitative estimate of drug-likeness (QED) is 0.605. The topological polar surface area (TPSA) is 77.2 Å². The van der Waals surface area contributed by atoms with Crippen LogP contribution in [-0.4, -0.2) is 34.1 Å². The number of anilines is 1. The standard InChI is InChI=1S/C21H23ClFN5O/c1-13(24)8-10-29-18-6-4-14(23)11-15(18)17-3-2-9-28(17)19-7-5-16-20(27-19)21(22)26-12-25-16/h4-7,11-13,17H,2-3,8-10,24H2,1H3/t13-,17-/m1/s1. The van der Waals surface area contributed by atoms with Gasteiger partial charge in [-0.1, -0.05) is 11.6 Å². The summed E-state index contributed by atoms with van der Waals surface area (Å²) in [5.74, 6) is 1.17. The van der Waals surface area contributed by atoms with Gasteiger partial charge in [0.05, 0.1) is 18.2 Å². The molecule has 1 aliphatic rings. The highest BCUT2D eigenvalue weighted by Crippen LogP contribution is 2.40. The maximum absolute atomic E-state index is 14.1. The number of pyridine rings is 1. The van der Waals surface area contributed by atoms with Gasteiger partial charge in [0.2, 0.25) is 0 Å². The molecule has 2 aromatic heterocycles. The Morgan fingerprint density at radius 3 is 3.00 bits per heavy atom. The molecule has 0 spiro atoms. The van der Waals surface area contributed by atoms with E-state index in [4.69, 9.17) is 22.1 Å². The lowest BCUT2D eigenvalue weighted by molar-refractivity contribution is 0.296. The molecule has 29 heavy (non-hydrogen) atoms. The summed E-state index contributed by atoms with van der Waals surface area (Å²) in [5.41, 5.74) is 7.89. The van der Waals surface area contributed by atoms with Crippen LogP contribution in [0.4, 0.5) is 10.2 Å². The van der Waals surface area contributed by atoms with E-state index in [9.17, 15) is 4.39 Å². The van der Waals surface area contributed by atoms with Crippen LogP contribution >= 0.6 is 11.6 Å². The van der Waals surface area contributed by atoms with Crippen LogP contribution in [0.1, 0.15) is 37.8 Å². The van der Waals surface area contributed by atoms with Gasteiger partial charge < -0.3 is 15.4 Å². The van der Waals surface area contributed by atoms with E-state index in [1.807, 2.05) is 19.1 Å². The first-order valence-corrected chi connectivity index (χ1v) is 10.1. The first kappa shape index (κ1) is 19.8. The van der Waals surface area contributed by atoms with Crippen molar-refractivity contribution in [3.05, 3.63) is 53.2 Å². The van der Waals surface area contributed by atoms with Crippen LogP contribution < -0.4 is 15.4 Å². The van der Waals surface area contributed by atoms with Gasteiger partial charge >= 0.3 is 0 Å². The Hall–Kier alpha value is -2.51. The maximum atomic E-state index is 14.1. The van der Waals surface area contributed by atoms with Gasteiger partial charge in [0.25, 0.3) is 0 Å². The van der Waals surface area contributed by atoms with Gasteiger partial charge in [-0.2, -0.15) is 0 Å². The van der Waals surface area contributed by atoms with Crippen LogP contribution in [0.3, 0.4) is 0 Å². The number of nitrogens with zero attached hydrogens (tertiary/aromatic N) is 4. The van der Waals surface area contributed by atoms with Crippen LogP contribution in [0, 0.1) is 5.82 Å². The van der Waals surface area contributed by atoms with Crippen molar-refractivity contribution in [2.75, 3.05) is 18.1 Å². The lowest BCUT2D eigenvalue weighted by Crippen LogP contribution is -2.24. The van der Waals surface area contributed by atoms with E-state index in [1.165, 1.54) is 12.4 Å². The number of hydrogen-bond donors (Lipinski definition) is 1. The molecule has 3 heterocycles. The first-order chi connectivity index (χ1) is 14.0. The van der Waals surface area contributed by atoms with Crippen LogP contribution in [0.5, 0.6) is 5.75 Å². The molecule has 8 heteroatoms. The highest BCUT2D eigenvalue weighted by atomic mass is 35.5. The van der Waals surface area contributed by atoms with E-state index in [-0.39, 0.29) is 17.9 Å². The van der Waals surface area contributed by atoms with Gasteiger partial charge in [-0.25, -0.2) is 19.3 Å². The average molecular weight is 416 g/mol. The van der Waals surface area contributed by atoms with Crippen molar-refractivity contribution in [2.24, 2.45) is 5.73 Å². The molecule has 3 aromatic rings. The predicted molar refractivity (Wildman–Crippen MR) is 112 cm³/mol. The third-order valence-electron chi connectivity index (χ3n) is 5.13. The molecule has 0 bridgehead atoms. The molecule has 0 amide bonds. The monoisotopic (exact) mass is 415 g/mol. The number of rotatable bonds is 6. The minimum absolute atomic E-state index is 0.0376. The number of ether oxygens (including phenoxy) is 1. The van der Waals surface area contributed by atoms with Crippen molar-refractivity contribution in [3.8, 4) is 5.75 Å². The number of halogens is 2. The Bertz CT molecular complexity index is 1020. The van der Waals surface area contributed by atoms with Gasteiger partial charge in [-0.3, -0.25) is 0 Å². The average Bonchev–Trinajstić information content (AvgIpc) is 3.18. The minimum Gasteiger partial charge on any atom is -0.493 e. The van der Waals surface area contributed by atoms with Crippen molar-refractivity contribution < 1.29 is 9.13 Å². The van der Waals surface area contributed by atoms with Crippen molar-refractivity contribution in [2.45, 2.75) is 38.3 Å². The lowest BCUT2D eigenvalue weighted by Gasteiger charge is -2.28. The van der Waals surface area contributed by atoms with E-state index in [1.54, 1.807) is 12.1 Å². The van der Waals surface area contributed by atoms with Gasteiger partial charge in [0.15, 0.2) is 5.15 Å². The summed E-state index contributed by atoms with van der Waals surface area (Å²) in [6.45, 7) is 3.24. The van der Waals surface area contributed by atoms with E-state index < -0.39 is 0 Å². The Kier molecular flexibility index (Phi) is 5.78. The van der Waals surface area contributed by atoms with Crippen LogP contribution in [0.15, 0.2) is 36.7 Å². The van der Waals surface area contributed by atoms with E-state index in [0.717, 1.165) is 37.2 Å². The number of benzene rings is 1. The molecule has 0 unspecified atom stereocenters. The van der Waals surface area contributed by atoms with Crippen molar-refractivity contribution in [1.82, 2.24) is 15.0 Å². The van der Waals surface area contributed by atoms with Crippen molar-refractivity contribution in [1.29, 1.82) is 0 Å². The first-order valence-electron chi connectivity index (χ1n) is 9.74. The highest BCUT2D eigenvalue weighted by molar-refractivity contribution is 6.33. The predicted octanol–water partition coefficient (Wildman–Crippen LogP) is 4.27. The zero-order valence-electron chi connectivity index (χ0n) is 16.2. The molecule has 2 N–H and O–H groups in total. The fourth-order valence-electron chi connectivity index (χ4n) is 3.69. The van der Waals surface area contributed by atoms with Crippen LogP contribution in [0.2, 0.25) is 5.15 Å². The lowest BCUT2D eigenvalue weighted by atomic mass is 10.0. The number of hydrogen-bond acceptors (Lipinski definition) is 6. The van der Waals surface area contributed by atoms with Gasteiger partial charge in [0.1, 0.15) is 29.2 Å². The highest BCUT2D eigenvalue weighted by Gasteiger charge is 2.30. The number of aromatic nitrogens is 3. The zero-order valence-corrected chi connectivity index (χ0v) is 16.9. The van der Waals surface area contributed by atoms with Crippen LogP contribution in [-0.2, 0) is 0 Å². The normalized spacial score (nSPS) is 17.7. The summed E-state index contributed by atoms with van der Waals surface area (Å²) >= 11 is 6.21. The molecule has 0 radical (unpaired) electrons. The molecule has 6 nitrogen and oxygen atoms in total. The number of fused-ring (bicyclic) bond motifs is 1. The van der Waals surface area contributed by atoms with Crippen molar-refractivity contribution >= 4 is 28.5 Å². The summed E-state index contributed by atoms with van der Waals surface area (Å²) in [5, 5.41) is 0.318. The molecule has 1 aromatic carbocycles. The summed E-state index contributed by atoms with van der Waals surface area (Å²) in [4.78, 5) is 15.1. The second-order valence-electron chi connectivity index (χ2n) is 7.35. The van der Waals surface area contributed by atoms with E-state index >= 15 is 0 Å². The second-order valence-corrected chi connectivity index (χ2v) is 7.71. The molecular weight excluding hydrogens is 393 g/mol. The largest absolute Gasteiger partial charge is 0.493 e. The Morgan fingerprint density at radius 1 is 1.31 bits per heavy atom. The Labute approximate surface area is 173 Å². The molecule has 1 aliphatic heterocycles. The third kappa shape index (κ3) is 4.26. The fourth-order valence-corrected chi connectivity index (χ4v) is 3.87. The summed E-state index contributed by atoms with van der Waals surface area (Å²) in [6.07, 6.45) is 4.00. The molecular formula is C21H23ClFN5O. The molecule has 1 saturated heterocycles. The maximum Gasteiger partial charge on any atom is 0.158 e.